The van der Waals surface area contributed by atoms with Crippen LogP contribution < -0.4 is 10.0 Å². The predicted octanol–water partition coefficient (Wildman–Crippen LogP) is 1.82. The van der Waals surface area contributed by atoms with Crippen LogP contribution in [0.5, 0.6) is 0 Å². The highest BCUT2D eigenvalue weighted by Crippen LogP contribution is 2.25. The molecule has 1 aromatic rings. The molecule has 2 N–H and O–H groups in total. The summed E-state index contributed by atoms with van der Waals surface area (Å²) in [6, 6.07) is 7.21. The summed E-state index contributed by atoms with van der Waals surface area (Å²) in [4.78, 5) is 0.293. The third-order valence-electron chi connectivity index (χ3n) is 3.80. The smallest absolute Gasteiger partial charge is 0.242 e. The molecule has 1 aliphatic heterocycles. The maximum absolute atomic E-state index is 12.0. The van der Waals surface area contributed by atoms with Crippen molar-refractivity contribution in [2.45, 2.75) is 30.7 Å². The molecule has 0 aliphatic carbocycles. The minimum absolute atomic E-state index is 0.215. The summed E-state index contributed by atoms with van der Waals surface area (Å²) in [6.07, 6.45) is 2.02. The van der Waals surface area contributed by atoms with Crippen LogP contribution in [0, 0.1) is 5.92 Å². The van der Waals surface area contributed by atoms with Gasteiger partial charge in [-0.2, -0.15) is 0 Å². The van der Waals surface area contributed by atoms with Crippen LogP contribution in [0.15, 0.2) is 29.2 Å². The molecule has 1 saturated heterocycles. The number of hydrogen-bond acceptors (Lipinski definition) is 4. The normalized spacial score (nSPS) is 18.7. The molecule has 2 rings (SSSR count). The SMILES string of the molecule is CNS(=O)(=O)c1ccccc1NC(C)C1CCOCC1. The van der Waals surface area contributed by atoms with Crippen LogP contribution in [-0.4, -0.2) is 34.7 Å². The number of ether oxygens (including phenoxy) is 1. The van der Waals surface area contributed by atoms with E-state index < -0.39 is 10.0 Å². The highest BCUT2D eigenvalue weighted by Gasteiger charge is 2.23. The predicted molar refractivity (Wildman–Crippen MR) is 79.3 cm³/mol. The largest absolute Gasteiger partial charge is 0.381 e. The average molecular weight is 298 g/mol. The summed E-state index contributed by atoms with van der Waals surface area (Å²) in [6.45, 7) is 3.67. The second-order valence-corrected chi connectivity index (χ2v) is 6.94. The van der Waals surface area contributed by atoms with Gasteiger partial charge in [-0.05, 0) is 44.9 Å². The molecule has 0 spiro atoms. The Bertz CT molecular complexity index is 539. The number of hydrogen-bond donors (Lipinski definition) is 2. The number of nitrogens with one attached hydrogen (secondary N) is 2. The molecule has 1 aliphatic rings. The van der Waals surface area contributed by atoms with E-state index in [-0.39, 0.29) is 6.04 Å². The molecule has 1 atom stereocenters. The molecule has 0 bridgehead atoms. The molecule has 20 heavy (non-hydrogen) atoms. The first-order valence-corrected chi connectivity index (χ1v) is 8.40. The van der Waals surface area contributed by atoms with Gasteiger partial charge in [0, 0.05) is 19.3 Å². The maximum Gasteiger partial charge on any atom is 0.242 e. The lowest BCUT2D eigenvalue weighted by Crippen LogP contribution is -2.32. The van der Waals surface area contributed by atoms with Gasteiger partial charge in [-0.1, -0.05) is 12.1 Å². The van der Waals surface area contributed by atoms with Gasteiger partial charge in [0.15, 0.2) is 0 Å². The van der Waals surface area contributed by atoms with Crippen LogP contribution in [0.25, 0.3) is 0 Å². The van der Waals surface area contributed by atoms with E-state index in [1.807, 2.05) is 6.07 Å². The van der Waals surface area contributed by atoms with Crippen molar-refractivity contribution in [3.63, 3.8) is 0 Å². The van der Waals surface area contributed by atoms with Crippen LogP contribution in [-0.2, 0) is 14.8 Å². The zero-order chi connectivity index (χ0) is 14.6. The quantitative estimate of drug-likeness (QED) is 0.870. The molecule has 1 aromatic carbocycles. The minimum Gasteiger partial charge on any atom is -0.381 e. The first-order valence-electron chi connectivity index (χ1n) is 6.91. The van der Waals surface area contributed by atoms with Crippen molar-refractivity contribution in [1.82, 2.24) is 4.72 Å². The van der Waals surface area contributed by atoms with Gasteiger partial charge in [0.1, 0.15) is 4.90 Å². The summed E-state index contributed by atoms with van der Waals surface area (Å²) in [7, 11) is -2.02. The van der Waals surface area contributed by atoms with Crippen molar-refractivity contribution in [3.8, 4) is 0 Å². The topological polar surface area (TPSA) is 67.4 Å². The molecule has 1 fully saturated rings. The Hall–Kier alpha value is -1.11. The molecule has 0 amide bonds. The van der Waals surface area contributed by atoms with E-state index in [0.29, 0.717) is 16.5 Å². The Labute approximate surface area is 120 Å². The van der Waals surface area contributed by atoms with E-state index >= 15 is 0 Å². The zero-order valence-electron chi connectivity index (χ0n) is 11.9. The van der Waals surface area contributed by atoms with E-state index in [9.17, 15) is 8.42 Å². The Kier molecular flexibility index (Phi) is 5.01. The van der Waals surface area contributed by atoms with Gasteiger partial charge in [-0.15, -0.1) is 0 Å². The summed E-state index contributed by atoms with van der Waals surface area (Å²) in [5, 5.41) is 3.35. The van der Waals surface area contributed by atoms with Crippen LogP contribution in [0.2, 0.25) is 0 Å². The van der Waals surface area contributed by atoms with Crippen LogP contribution in [0.3, 0.4) is 0 Å². The standard InChI is InChI=1S/C14H22N2O3S/c1-11(12-7-9-19-10-8-12)16-13-5-3-4-6-14(13)20(17,18)15-2/h3-6,11-12,15-16H,7-10H2,1-2H3. The van der Waals surface area contributed by atoms with E-state index in [2.05, 4.69) is 17.0 Å². The third-order valence-corrected chi connectivity index (χ3v) is 5.27. The molecule has 0 saturated carbocycles. The molecule has 1 heterocycles. The lowest BCUT2D eigenvalue weighted by Gasteiger charge is -2.29. The van der Waals surface area contributed by atoms with Gasteiger partial charge >= 0.3 is 0 Å². The van der Waals surface area contributed by atoms with Gasteiger partial charge in [-0.25, -0.2) is 13.1 Å². The van der Waals surface area contributed by atoms with Gasteiger partial charge in [-0.3, -0.25) is 0 Å². The average Bonchev–Trinajstić information content (AvgIpc) is 2.48. The van der Waals surface area contributed by atoms with Gasteiger partial charge in [0.2, 0.25) is 10.0 Å². The van der Waals surface area contributed by atoms with Crippen molar-refractivity contribution in [2.24, 2.45) is 5.92 Å². The lowest BCUT2D eigenvalue weighted by molar-refractivity contribution is 0.0622. The fraction of sp³-hybridized carbons (Fsp3) is 0.571. The molecular formula is C14H22N2O3S. The van der Waals surface area contributed by atoms with Crippen molar-refractivity contribution in [2.75, 3.05) is 25.6 Å². The Morgan fingerprint density at radius 2 is 1.90 bits per heavy atom. The zero-order valence-corrected chi connectivity index (χ0v) is 12.7. The maximum atomic E-state index is 12.0. The Morgan fingerprint density at radius 3 is 2.55 bits per heavy atom. The van der Waals surface area contributed by atoms with Gasteiger partial charge in [0.25, 0.3) is 0 Å². The van der Waals surface area contributed by atoms with Crippen LogP contribution >= 0.6 is 0 Å². The first-order chi connectivity index (χ1) is 9.54. The number of rotatable bonds is 5. The Balaban J connectivity index is 2.17. The number of para-hydroxylation sites is 1. The summed E-state index contributed by atoms with van der Waals surface area (Å²) < 4.78 is 31.7. The number of anilines is 1. The molecule has 6 heteroatoms. The van der Waals surface area contributed by atoms with E-state index in [1.54, 1.807) is 18.2 Å². The van der Waals surface area contributed by atoms with Crippen molar-refractivity contribution in [1.29, 1.82) is 0 Å². The third kappa shape index (κ3) is 3.50. The van der Waals surface area contributed by atoms with Crippen LogP contribution in [0.1, 0.15) is 19.8 Å². The van der Waals surface area contributed by atoms with Gasteiger partial charge in [0.05, 0.1) is 5.69 Å². The second kappa shape index (κ2) is 6.56. The van der Waals surface area contributed by atoms with Crippen molar-refractivity contribution < 1.29 is 13.2 Å². The van der Waals surface area contributed by atoms with E-state index in [0.717, 1.165) is 26.1 Å². The fourth-order valence-corrected chi connectivity index (χ4v) is 3.40. The fourth-order valence-electron chi connectivity index (χ4n) is 2.51. The molecule has 112 valence electrons. The molecular weight excluding hydrogens is 276 g/mol. The Morgan fingerprint density at radius 1 is 1.25 bits per heavy atom. The summed E-state index contributed by atoms with van der Waals surface area (Å²) >= 11 is 0. The molecule has 0 aromatic heterocycles. The molecule has 1 unspecified atom stereocenters. The summed E-state index contributed by atoms with van der Waals surface area (Å²) in [5.41, 5.74) is 0.654. The number of benzene rings is 1. The van der Waals surface area contributed by atoms with Gasteiger partial charge < -0.3 is 10.1 Å². The molecule has 5 nitrogen and oxygen atoms in total. The minimum atomic E-state index is -3.44. The summed E-state index contributed by atoms with van der Waals surface area (Å²) in [5.74, 6) is 0.508. The highest BCUT2D eigenvalue weighted by molar-refractivity contribution is 7.89. The molecule has 0 radical (unpaired) electrons. The second-order valence-electron chi connectivity index (χ2n) is 5.09. The van der Waals surface area contributed by atoms with Crippen LogP contribution in [0.4, 0.5) is 5.69 Å². The monoisotopic (exact) mass is 298 g/mol. The van der Waals surface area contributed by atoms with E-state index in [1.165, 1.54) is 7.05 Å². The lowest BCUT2D eigenvalue weighted by atomic mass is 9.93. The van der Waals surface area contributed by atoms with E-state index in [4.69, 9.17) is 4.74 Å². The van der Waals surface area contributed by atoms with Crippen molar-refractivity contribution in [3.05, 3.63) is 24.3 Å². The van der Waals surface area contributed by atoms with Crippen molar-refractivity contribution >= 4 is 15.7 Å². The first kappa shape index (κ1) is 15.3. The number of sulfonamides is 1. The highest BCUT2D eigenvalue weighted by atomic mass is 32.2.